The third kappa shape index (κ3) is 8.24. The molecule has 0 aliphatic heterocycles. The van der Waals surface area contributed by atoms with Gasteiger partial charge < -0.3 is 20.5 Å². The van der Waals surface area contributed by atoms with E-state index in [-0.39, 0.29) is 18.0 Å². The fourth-order valence-electron chi connectivity index (χ4n) is 4.96. The lowest BCUT2D eigenvalue weighted by molar-refractivity contribution is -0.137. The second-order valence-electron chi connectivity index (χ2n) is 10.5. The Kier molecular flexibility index (Phi) is 10.4. The minimum Gasteiger partial charge on any atom is -0.494 e. The summed E-state index contributed by atoms with van der Waals surface area (Å²) < 4.78 is 5.90. The van der Waals surface area contributed by atoms with Crippen molar-refractivity contribution in [2.75, 3.05) is 23.8 Å². The van der Waals surface area contributed by atoms with E-state index in [9.17, 15) is 19.5 Å². The zero-order valence-corrected chi connectivity index (χ0v) is 24.7. The number of benzene rings is 5. The molecule has 5 aromatic carbocycles. The number of anilines is 2. The normalized spacial score (nSPS) is 11.3. The van der Waals surface area contributed by atoms with Gasteiger partial charge in [-0.1, -0.05) is 97.1 Å². The van der Waals surface area contributed by atoms with Crippen molar-refractivity contribution in [3.05, 3.63) is 161 Å². The summed E-state index contributed by atoms with van der Waals surface area (Å²) in [5.41, 5.74) is 4.29. The largest absolute Gasteiger partial charge is 0.494 e. The van der Waals surface area contributed by atoms with Crippen LogP contribution in [0, 0.1) is 0 Å². The Hall–Kier alpha value is -5.69. The molecule has 0 saturated heterocycles. The van der Waals surface area contributed by atoms with Crippen LogP contribution in [-0.2, 0) is 11.2 Å². The summed E-state index contributed by atoms with van der Waals surface area (Å²) in [6, 6.07) is 38.9. The number of carboxylic acids is 1. The van der Waals surface area contributed by atoms with Crippen LogP contribution < -0.4 is 15.4 Å². The highest BCUT2D eigenvalue weighted by molar-refractivity contribution is 6.13. The molecule has 0 aliphatic carbocycles. The number of ketones is 2. The minimum absolute atomic E-state index is 0.0275. The molecule has 5 aromatic rings. The highest BCUT2D eigenvalue weighted by Gasteiger charge is 2.21. The molecule has 0 bridgehead atoms. The van der Waals surface area contributed by atoms with E-state index in [0.717, 1.165) is 11.3 Å². The van der Waals surface area contributed by atoms with Gasteiger partial charge in [-0.25, -0.2) is 4.79 Å². The first-order valence-corrected chi connectivity index (χ1v) is 14.8. The van der Waals surface area contributed by atoms with Crippen molar-refractivity contribution >= 4 is 28.9 Å². The molecule has 1 atom stereocenters. The second kappa shape index (κ2) is 15.2. The third-order valence-corrected chi connectivity index (χ3v) is 7.31. The standard InChI is InChI=1S/C38H34N2O5/c41-36(28-12-3-1-4-13-28)31-16-7-9-18-33(31)39-24-11-25-45-30-22-20-27(21-23-30)26-35(38(43)44)40-34-19-10-8-17-32(34)37(42)29-14-5-2-6-15-29/h1-10,12-23,35,39-40H,11,24-26H2,(H,43,44). The maximum Gasteiger partial charge on any atom is 0.326 e. The SMILES string of the molecule is O=C(c1ccccc1)c1ccccc1NCCCOc1ccc(CC(Nc2ccccc2C(=O)c2ccccc2)C(=O)O)cc1. The Labute approximate surface area is 262 Å². The predicted octanol–water partition coefficient (Wildman–Crippen LogP) is 7.14. The molecular weight excluding hydrogens is 564 g/mol. The molecule has 0 aliphatic rings. The highest BCUT2D eigenvalue weighted by Crippen LogP contribution is 2.23. The molecule has 7 heteroatoms. The maximum atomic E-state index is 13.1. The van der Waals surface area contributed by atoms with Gasteiger partial charge >= 0.3 is 5.97 Å². The zero-order valence-electron chi connectivity index (χ0n) is 24.7. The van der Waals surface area contributed by atoms with Crippen molar-refractivity contribution in [3.63, 3.8) is 0 Å². The molecule has 0 amide bonds. The number of carbonyl (C=O) groups excluding carboxylic acids is 2. The number of carbonyl (C=O) groups is 3. The summed E-state index contributed by atoms with van der Waals surface area (Å²) in [5.74, 6) is -0.543. The number of carboxylic acid groups (broad SMARTS) is 1. The first-order valence-electron chi connectivity index (χ1n) is 14.8. The number of hydrogen-bond donors (Lipinski definition) is 3. The Morgan fingerprint density at radius 2 is 1.13 bits per heavy atom. The van der Waals surface area contributed by atoms with E-state index in [1.54, 1.807) is 48.5 Å². The van der Waals surface area contributed by atoms with Crippen LogP contribution in [0.4, 0.5) is 11.4 Å². The van der Waals surface area contributed by atoms with Crippen LogP contribution in [0.2, 0.25) is 0 Å². The van der Waals surface area contributed by atoms with E-state index in [0.29, 0.717) is 53.3 Å². The number of aliphatic carboxylic acids is 1. The number of nitrogens with one attached hydrogen (secondary N) is 2. The van der Waals surface area contributed by atoms with Crippen LogP contribution in [-0.4, -0.2) is 41.8 Å². The van der Waals surface area contributed by atoms with Crippen LogP contribution in [0.3, 0.4) is 0 Å². The van der Waals surface area contributed by atoms with Crippen molar-refractivity contribution in [2.24, 2.45) is 0 Å². The molecule has 7 nitrogen and oxygen atoms in total. The van der Waals surface area contributed by atoms with Crippen molar-refractivity contribution < 1.29 is 24.2 Å². The molecule has 1 unspecified atom stereocenters. The van der Waals surface area contributed by atoms with E-state index in [4.69, 9.17) is 4.74 Å². The summed E-state index contributed by atoms with van der Waals surface area (Å²) >= 11 is 0. The van der Waals surface area contributed by atoms with E-state index in [1.807, 2.05) is 84.9 Å². The van der Waals surface area contributed by atoms with Gasteiger partial charge in [-0.05, 0) is 48.4 Å². The first kappa shape index (κ1) is 30.8. The van der Waals surface area contributed by atoms with Crippen molar-refractivity contribution in [3.8, 4) is 5.75 Å². The Morgan fingerprint density at radius 3 is 1.71 bits per heavy atom. The Balaban J connectivity index is 1.13. The molecule has 0 fully saturated rings. The topological polar surface area (TPSA) is 105 Å². The number of para-hydroxylation sites is 2. The monoisotopic (exact) mass is 598 g/mol. The predicted molar refractivity (Wildman–Crippen MR) is 176 cm³/mol. The number of rotatable bonds is 15. The summed E-state index contributed by atoms with van der Waals surface area (Å²) in [7, 11) is 0. The molecule has 226 valence electrons. The van der Waals surface area contributed by atoms with Crippen LogP contribution >= 0.6 is 0 Å². The lowest BCUT2D eigenvalue weighted by Crippen LogP contribution is -2.32. The van der Waals surface area contributed by atoms with Crippen LogP contribution in [0.15, 0.2) is 133 Å². The molecule has 3 N–H and O–H groups in total. The molecule has 5 rings (SSSR count). The number of ether oxygens (including phenoxy) is 1. The van der Waals surface area contributed by atoms with Crippen molar-refractivity contribution in [1.29, 1.82) is 0 Å². The molecule has 0 saturated carbocycles. The van der Waals surface area contributed by atoms with Gasteiger partial charge in [-0.15, -0.1) is 0 Å². The van der Waals surface area contributed by atoms with Gasteiger partial charge in [0.05, 0.1) is 6.61 Å². The Bertz CT molecular complexity index is 1740. The van der Waals surface area contributed by atoms with Crippen molar-refractivity contribution in [2.45, 2.75) is 18.9 Å². The van der Waals surface area contributed by atoms with E-state index < -0.39 is 12.0 Å². The fraction of sp³-hybridized carbons (Fsp3) is 0.132. The molecule has 0 spiro atoms. The zero-order chi connectivity index (χ0) is 31.4. The smallest absolute Gasteiger partial charge is 0.326 e. The summed E-state index contributed by atoms with van der Waals surface area (Å²) in [6.45, 7) is 1.09. The molecular formula is C38H34N2O5. The number of hydrogen-bond acceptors (Lipinski definition) is 6. The van der Waals surface area contributed by atoms with Gasteiger partial charge in [0, 0.05) is 46.6 Å². The average molecular weight is 599 g/mol. The van der Waals surface area contributed by atoms with Crippen LogP contribution in [0.5, 0.6) is 5.75 Å². The second-order valence-corrected chi connectivity index (χ2v) is 10.5. The first-order chi connectivity index (χ1) is 22.0. The van der Waals surface area contributed by atoms with E-state index >= 15 is 0 Å². The van der Waals surface area contributed by atoms with Crippen LogP contribution in [0.25, 0.3) is 0 Å². The minimum atomic E-state index is -1.02. The summed E-state index contributed by atoms with van der Waals surface area (Å²) in [4.78, 5) is 38.2. The maximum absolute atomic E-state index is 13.1. The quantitative estimate of drug-likeness (QED) is 0.0869. The van der Waals surface area contributed by atoms with Gasteiger partial charge in [-0.3, -0.25) is 9.59 Å². The van der Waals surface area contributed by atoms with Crippen LogP contribution in [0.1, 0.15) is 43.8 Å². The molecule has 0 radical (unpaired) electrons. The lowest BCUT2D eigenvalue weighted by Gasteiger charge is -2.18. The van der Waals surface area contributed by atoms with E-state index in [1.165, 1.54) is 0 Å². The molecule has 0 aromatic heterocycles. The fourth-order valence-corrected chi connectivity index (χ4v) is 4.96. The Morgan fingerprint density at radius 1 is 0.622 bits per heavy atom. The summed E-state index contributed by atoms with van der Waals surface area (Å²) in [5, 5.41) is 16.4. The van der Waals surface area contributed by atoms with Gasteiger partial charge in [-0.2, -0.15) is 0 Å². The van der Waals surface area contributed by atoms with Gasteiger partial charge in [0.1, 0.15) is 11.8 Å². The molecule has 45 heavy (non-hydrogen) atoms. The summed E-state index contributed by atoms with van der Waals surface area (Å²) in [6.07, 6.45) is 0.927. The highest BCUT2D eigenvalue weighted by atomic mass is 16.5. The molecule has 0 heterocycles. The van der Waals surface area contributed by atoms with E-state index in [2.05, 4.69) is 10.6 Å². The third-order valence-electron chi connectivity index (χ3n) is 7.31. The van der Waals surface area contributed by atoms with Gasteiger partial charge in [0.15, 0.2) is 11.6 Å². The van der Waals surface area contributed by atoms with Gasteiger partial charge in [0.25, 0.3) is 0 Å². The van der Waals surface area contributed by atoms with Gasteiger partial charge in [0.2, 0.25) is 0 Å². The average Bonchev–Trinajstić information content (AvgIpc) is 3.09. The lowest BCUT2D eigenvalue weighted by atomic mass is 10.00. The van der Waals surface area contributed by atoms with Crippen molar-refractivity contribution in [1.82, 2.24) is 0 Å².